The molecule has 0 spiro atoms. The number of pyridine rings is 1. The number of ether oxygens (including phenoxy) is 1. The van der Waals surface area contributed by atoms with Gasteiger partial charge in [0.15, 0.2) is 11.6 Å². The molecule has 3 heteroatoms. The van der Waals surface area contributed by atoms with E-state index in [4.69, 9.17) is 4.74 Å². The summed E-state index contributed by atoms with van der Waals surface area (Å²) in [6, 6.07) is 14.2. The fourth-order valence-electron chi connectivity index (χ4n) is 1.77. The molecular weight excluding hydrogens is 224 g/mol. The lowest BCUT2D eigenvalue weighted by Crippen LogP contribution is -2.08. The van der Waals surface area contributed by atoms with Gasteiger partial charge in [0.2, 0.25) is 0 Å². The second-order valence-corrected chi connectivity index (χ2v) is 3.95. The van der Waals surface area contributed by atoms with Gasteiger partial charge in [0.05, 0.1) is 6.61 Å². The molecule has 2 rings (SSSR count). The Bertz CT molecular complexity index is 471. The Morgan fingerprint density at radius 1 is 1.11 bits per heavy atom. The van der Waals surface area contributed by atoms with E-state index in [0.717, 1.165) is 24.5 Å². The molecule has 1 aromatic heterocycles. The third-order valence-electron chi connectivity index (χ3n) is 2.62. The van der Waals surface area contributed by atoms with Crippen molar-refractivity contribution in [3.63, 3.8) is 0 Å². The van der Waals surface area contributed by atoms with Gasteiger partial charge in [0, 0.05) is 12.7 Å². The van der Waals surface area contributed by atoms with Crippen LogP contribution in [0.4, 0.5) is 5.82 Å². The van der Waals surface area contributed by atoms with Crippen LogP contribution in [-0.2, 0) is 6.42 Å². The first kappa shape index (κ1) is 12.4. The zero-order valence-electron chi connectivity index (χ0n) is 10.6. The molecule has 0 aliphatic heterocycles. The number of anilines is 1. The van der Waals surface area contributed by atoms with Gasteiger partial charge >= 0.3 is 0 Å². The summed E-state index contributed by atoms with van der Waals surface area (Å²) in [7, 11) is 0. The van der Waals surface area contributed by atoms with Crippen molar-refractivity contribution < 1.29 is 4.74 Å². The van der Waals surface area contributed by atoms with Crippen molar-refractivity contribution in [3.8, 4) is 5.75 Å². The van der Waals surface area contributed by atoms with Gasteiger partial charge in [-0.3, -0.25) is 0 Å². The monoisotopic (exact) mass is 242 g/mol. The fourth-order valence-corrected chi connectivity index (χ4v) is 1.77. The summed E-state index contributed by atoms with van der Waals surface area (Å²) in [5.74, 6) is 1.63. The first-order valence-corrected chi connectivity index (χ1v) is 6.25. The molecule has 0 bridgehead atoms. The molecular formula is C15H18N2O. The van der Waals surface area contributed by atoms with Crippen LogP contribution in [-0.4, -0.2) is 18.1 Å². The van der Waals surface area contributed by atoms with E-state index in [1.54, 1.807) is 6.20 Å². The lowest BCUT2D eigenvalue weighted by Gasteiger charge is -2.10. The van der Waals surface area contributed by atoms with Gasteiger partial charge in [0.1, 0.15) is 0 Å². The van der Waals surface area contributed by atoms with Crippen LogP contribution in [0.15, 0.2) is 48.7 Å². The highest BCUT2D eigenvalue weighted by atomic mass is 16.5. The zero-order chi connectivity index (χ0) is 12.6. The van der Waals surface area contributed by atoms with Crippen molar-refractivity contribution in [1.82, 2.24) is 4.98 Å². The minimum Gasteiger partial charge on any atom is -0.490 e. The van der Waals surface area contributed by atoms with Crippen molar-refractivity contribution in [1.29, 1.82) is 0 Å². The maximum Gasteiger partial charge on any atom is 0.168 e. The number of hydrogen-bond donors (Lipinski definition) is 1. The SMILES string of the molecule is CCOc1cccnc1NCCc1ccccc1. The Hall–Kier alpha value is -2.03. The van der Waals surface area contributed by atoms with E-state index < -0.39 is 0 Å². The lowest BCUT2D eigenvalue weighted by atomic mass is 10.1. The standard InChI is InChI=1S/C15H18N2O/c1-2-18-14-9-6-11-16-15(14)17-12-10-13-7-4-3-5-8-13/h3-9,11H,2,10,12H2,1H3,(H,16,17). The molecule has 0 aliphatic carbocycles. The predicted molar refractivity (Wildman–Crippen MR) is 74.0 cm³/mol. The predicted octanol–water partition coefficient (Wildman–Crippen LogP) is 3.13. The Morgan fingerprint density at radius 2 is 1.94 bits per heavy atom. The number of nitrogens with one attached hydrogen (secondary N) is 1. The molecule has 0 saturated heterocycles. The second-order valence-electron chi connectivity index (χ2n) is 3.95. The van der Waals surface area contributed by atoms with Crippen LogP contribution in [0, 0.1) is 0 Å². The lowest BCUT2D eigenvalue weighted by molar-refractivity contribution is 0.340. The average Bonchev–Trinajstić information content (AvgIpc) is 2.42. The second kappa shape index (κ2) is 6.64. The van der Waals surface area contributed by atoms with Crippen LogP contribution in [0.5, 0.6) is 5.75 Å². The van der Waals surface area contributed by atoms with Crippen molar-refractivity contribution in [2.45, 2.75) is 13.3 Å². The number of benzene rings is 1. The quantitative estimate of drug-likeness (QED) is 0.845. The van der Waals surface area contributed by atoms with Crippen LogP contribution < -0.4 is 10.1 Å². The molecule has 0 unspecified atom stereocenters. The Labute approximate surface area is 108 Å². The van der Waals surface area contributed by atoms with E-state index >= 15 is 0 Å². The Kier molecular flexibility index (Phi) is 4.59. The van der Waals surface area contributed by atoms with Crippen LogP contribution >= 0.6 is 0 Å². The van der Waals surface area contributed by atoms with Gasteiger partial charge in [0.25, 0.3) is 0 Å². The van der Waals surface area contributed by atoms with Crippen LogP contribution in [0.2, 0.25) is 0 Å². The molecule has 0 fully saturated rings. The third-order valence-corrected chi connectivity index (χ3v) is 2.62. The Balaban J connectivity index is 1.90. The molecule has 3 nitrogen and oxygen atoms in total. The Morgan fingerprint density at radius 3 is 2.72 bits per heavy atom. The van der Waals surface area contributed by atoms with Crippen molar-refractivity contribution >= 4 is 5.82 Å². The van der Waals surface area contributed by atoms with E-state index in [1.807, 2.05) is 25.1 Å². The average molecular weight is 242 g/mol. The fraction of sp³-hybridized carbons (Fsp3) is 0.267. The molecule has 0 atom stereocenters. The van der Waals surface area contributed by atoms with Gasteiger partial charge < -0.3 is 10.1 Å². The summed E-state index contributed by atoms with van der Waals surface area (Å²) in [6.45, 7) is 3.47. The van der Waals surface area contributed by atoms with Crippen molar-refractivity contribution in [2.75, 3.05) is 18.5 Å². The van der Waals surface area contributed by atoms with E-state index in [1.165, 1.54) is 5.56 Å². The van der Waals surface area contributed by atoms with E-state index in [0.29, 0.717) is 6.61 Å². The molecule has 0 aliphatic rings. The van der Waals surface area contributed by atoms with Gasteiger partial charge in [-0.25, -0.2) is 4.98 Å². The number of aromatic nitrogens is 1. The summed E-state index contributed by atoms with van der Waals surface area (Å²) in [4.78, 5) is 4.29. The van der Waals surface area contributed by atoms with E-state index in [9.17, 15) is 0 Å². The normalized spacial score (nSPS) is 10.1. The first-order chi connectivity index (χ1) is 8.90. The minimum absolute atomic E-state index is 0.652. The summed E-state index contributed by atoms with van der Waals surface area (Å²) in [5.41, 5.74) is 1.32. The molecule has 1 aromatic carbocycles. The number of nitrogens with zero attached hydrogens (tertiary/aromatic N) is 1. The molecule has 0 radical (unpaired) electrons. The topological polar surface area (TPSA) is 34.1 Å². The molecule has 2 aromatic rings. The van der Waals surface area contributed by atoms with Crippen molar-refractivity contribution in [2.24, 2.45) is 0 Å². The van der Waals surface area contributed by atoms with E-state index in [2.05, 4.69) is 34.6 Å². The van der Waals surface area contributed by atoms with Gasteiger partial charge in [-0.15, -0.1) is 0 Å². The molecule has 1 heterocycles. The maximum atomic E-state index is 5.51. The van der Waals surface area contributed by atoms with Crippen molar-refractivity contribution in [3.05, 3.63) is 54.2 Å². The summed E-state index contributed by atoms with van der Waals surface area (Å²) < 4.78 is 5.51. The molecule has 0 saturated carbocycles. The highest BCUT2D eigenvalue weighted by Gasteiger charge is 2.02. The van der Waals surface area contributed by atoms with Gasteiger partial charge in [-0.2, -0.15) is 0 Å². The highest BCUT2D eigenvalue weighted by Crippen LogP contribution is 2.20. The van der Waals surface area contributed by atoms with Crippen LogP contribution in [0.1, 0.15) is 12.5 Å². The third kappa shape index (κ3) is 3.48. The largest absolute Gasteiger partial charge is 0.490 e. The summed E-state index contributed by atoms with van der Waals surface area (Å²) >= 11 is 0. The minimum atomic E-state index is 0.652. The zero-order valence-corrected chi connectivity index (χ0v) is 10.6. The number of rotatable bonds is 6. The first-order valence-electron chi connectivity index (χ1n) is 6.25. The molecule has 0 amide bonds. The smallest absolute Gasteiger partial charge is 0.168 e. The number of hydrogen-bond acceptors (Lipinski definition) is 3. The van der Waals surface area contributed by atoms with Gasteiger partial charge in [-0.05, 0) is 31.0 Å². The van der Waals surface area contributed by atoms with Crippen LogP contribution in [0.25, 0.3) is 0 Å². The maximum absolute atomic E-state index is 5.51. The molecule has 94 valence electrons. The van der Waals surface area contributed by atoms with Crippen LogP contribution in [0.3, 0.4) is 0 Å². The van der Waals surface area contributed by atoms with Gasteiger partial charge in [-0.1, -0.05) is 30.3 Å². The summed E-state index contributed by atoms with van der Waals surface area (Å²) in [6.07, 6.45) is 2.75. The highest BCUT2D eigenvalue weighted by molar-refractivity contribution is 5.49. The summed E-state index contributed by atoms with van der Waals surface area (Å²) in [5, 5.41) is 3.31. The molecule has 18 heavy (non-hydrogen) atoms. The van der Waals surface area contributed by atoms with E-state index in [-0.39, 0.29) is 0 Å². The molecule has 1 N–H and O–H groups in total.